The van der Waals surface area contributed by atoms with Crippen molar-refractivity contribution in [3.63, 3.8) is 0 Å². The van der Waals surface area contributed by atoms with Crippen LogP contribution in [0.15, 0.2) is 23.5 Å². The fraction of sp³-hybridized carbons (Fsp3) is 0.714. The highest BCUT2D eigenvalue weighted by molar-refractivity contribution is 5.84. The predicted octanol–water partition coefficient (Wildman–Crippen LogP) is 4.26. The van der Waals surface area contributed by atoms with Crippen LogP contribution in [0, 0.1) is 0 Å². The fourth-order valence-electron chi connectivity index (χ4n) is 3.81. The van der Waals surface area contributed by atoms with Gasteiger partial charge in [0.05, 0.1) is 12.2 Å². The summed E-state index contributed by atoms with van der Waals surface area (Å²) in [6.45, 7) is 6.47. The van der Waals surface area contributed by atoms with Crippen LogP contribution >= 0.6 is 0 Å². The Kier molecular flexibility index (Phi) is 17.8. The lowest BCUT2D eigenvalue weighted by Gasteiger charge is -2.30. The van der Waals surface area contributed by atoms with Gasteiger partial charge >= 0.3 is 17.9 Å². The highest BCUT2D eigenvalue weighted by Gasteiger charge is 2.32. The molecule has 1 amide bonds. The van der Waals surface area contributed by atoms with E-state index in [0.717, 1.165) is 25.3 Å². The van der Waals surface area contributed by atoms with Gasteiger partial charge in [0.15, 0.2) is 6.29 Å². The van der Waals surface area contributed by atoms with Crippen LogP contribution in [0.25, 0.3) is 0 Å². The summed E-state index contributed by atoms with van der Waals surface area (Å²) in [5.74, 6) is -2.19. The summed E-state index contributed by atoms with van der Waals surface area (Å²) in [5.41, 5.74) is 0.0835. The number of nitrogens with one attached hydrogen (secondary N) is 1. The molecule has 0 unspecified atom stereocenters. The second kappa shape index (κ2) is 20.3. The van der Waals surface area contributed by atoms with E-state index >= 15 is 0 Å². The Hall–Kier alpha value is -2.72. The first-order chi connectivity index (χ1) is 18.3. The van der Waals surface area contributed by atoms with E-state index in [1.165, 1.54) is 64.9 Å². The maximum atomic E-state index is 12.4. The molecule has 38 heavy (non-hydrogen) atoms. The third-order valence-electron chi connectivity index (χ3n) is 5.66. The third kappa shape index (κ3) is 15.5. The average Bonchev–Trinajstić information content (AvgIpc) is 2.86. The Morgan fingerprint density at radius 3 is 2.11 bits per heavy atom. The van der Waals surface area contributed by atoms with Gasteiger partial charge in [0, 0.05) is 26.5 Å². The minimum Gasteiger partial charge on any atom is -0.463 e. The van der Waals surface area contributed by atoms with Gasteiger partial charge in [-0.25, -0.2) is 4.79 Å². The maximum absolute atomic E-state index is 12.4. The van der Waals surface area contributed by atoms with Gasteiger partial charge in [-0.15, -0.1) is 0 Å². The van der Waals surface area contributed by atoms with E-state index < -0.39 is 30.3 Å². The van der Waals surface area contributed by atoms with Crippen LogP contribution in [0.2, 0.25) is 0 Å². The SMILES string of the molecule is CCCCCCCCCCCCNC(=O)CO[C@H]1O[C@H](COC(C)=O)C=C(OC(C)=O)/C1=C\C(=O)OCC. The van der Waals surface area contributed by atoms with Crippen molar-refractivity contribution in [3.05, 3.63) is 23.5 Å². The number of hydrogen-bond acceptors (Lipinski definition) is 9. The normalized spacial score (nSPS) is 18.0. The minimum atomic E-state index is -1.23. The lowest BCUT2D eigenvalue weighted by Crippen LogP contribution is -2.38. The van der Waals surface area contributed by atoms with E-state index in [4.69, 9.17) is 23.7 Å². The molecule has 1 N–H and O–H groups in total. The van der Waals surface area contributed by atoms with Gasteiger partial charge in [0.1, 0.15) is 25.1 Å². The molecule has 0 bridgehead atoms. The minimum absolute atomic E-state index is 0.00438. The second-order valence-electron chi connectivity index (χ2n) is 9.13. The van der Waals surface area contributed by atoms with Crippen LogP contribution in [-0.4, -0.2) is 62.6 Å². The van der Waals surface area contributed by atoms with Crippen molar-refractivity contribution >= 4 is 23.8 Å². The van der Waals surface area contributed by atoms with Crippen LogP contribution in [0.5, 0.6) is 0 Å². The van der Waals surface area contributed by atoms with Crippen molar-refractivity contribution in [2.24, 2.45) is 0 Å². The third-order valence-corrected chi connectivity index (χ3v) is 5.66. The number of carbonyl (C=O) groups excluding carboxylic acids is 4. The first-order valence-electron chi connectivity index (χ1n) is 13.7. The van der Waals surface area contributed by atoms with E-state index in [1.807, 2.05) is 0 Å². The Labute approximate surface area is 226 Å². The van der Waals surface area contributed by atoms with Gasteiger partial charge in [0.25, 0.3) is 0 Å². The topological polar surface area (TPSA) is 126 Å². The Morgan fingerprint density at radius 2 is 1.53 bits per heavy atom. The molecule has 0 saturated carbocycles. The van der Waals surface area contributed by atoms with Gasteiger partial charge in [0.2, 0.25) is 5.91 Å². The van der Waals surface area contributed by atoms with Gasteiger partial charge in [-0.3, -0.25) is 14.4 Å². The summed E-state index contributed by atoms with van der Waals surface area (Å²) in [5, 5.41) is 2.82. The van der Waals surface area contributed by atoms with Crippen LogP contribution in [0.1, 0.15) is 91.9 Å². The molecule has 10 heteroatoms. The molecule has 0 aromatic carbocycles. The molecule has 10 nitrogen and oxygen atoms in total. The van der Waals surface area contributed by atoms with Crippen molar-refractivity contribution in [2.75, 3.05) is 26.4 Å². The first-order valence-corrected chi connectivity index (χ1v) is 13.7. The van der Waals surface area contributed by atoms with Gasteiger partial charge in [-0.1, -0.05) is 64.7 Å². The Morgan fingerprint density at radius 1 is 0.895 bits per heavy atom. The van der Waals surface area contributed by atoms with Crippen molar-refractivity contribution in [1.82, 2.24) is 5.32 Å². The predicted molar refractivity (Wildman–Crippen MR) is 141 cm³/mol. The molecule has 0 aromatic rings. The average molecular weight is 540 g/mol. The quantitative estimate of drug-likeness (QED) is 0.111. The molecule has 0 radical (unpaired) electrons. The number of unbranched alkanes of at least 4 members (excludes halogenated alkanes) is 9. The fourth-order valence-corrected chi connectivity index (χ4v) is 3.81. The molecule has 216 valence electrons. The molecule has 1 aliphatic heterocycles. The van der Waals surface area contributed by atoms with Crippen LogP contribution < -0.4 is 5.32 Å². The second-order valence-corrected chi connectivity index (χ2v) is 9.13. The highest BCUT2D eigenvalue weighted by Crippen LogP contribution is 2.28. The van der Waals surface area contributed by atoms with Gasteiger partial charge in [-0.05, 0) is 19.4 Å². The Bertz CT molecular complexity index is 806. The highest BCUT2D eigenvalue weighted by atomic mass is 16.7. The zero-order chi connectivity index (χ0) is 28.2. The smallest absolute Gasteiger partial charge is 0.331 e. The van der Waals surface area contributed by atoms with Crippen molar-refractivity contribution < 1.29 is 42.9 Å². The lowest BCUT2D eigenvalue weighted by atomic mass is 10.1. The summed E-state index contributed by atoms with van der Waals surface area (Å²) in [4.78, 5) is 47.4. The Balaban J connectivity index is 2.60. The van der Waals surface area contributed by atoms with E-state index in [0.29, 0.717) is 6.54 Å². The standard InChI is InChI=1S/C28H45NO9/c1-5-7-8-9-10-11-12-13-14-15-16-29-26(32)20-36-28-24(18-27(33)34-6-2)25(37-22(4)31)17-23(38-28)19-35-21(3)30/h17-18,23,28H,5-16,19-20H2,1-4H3,(H,29,32)/b24-18+/t23-,28-/m0/s1. The van der Waals surface area contributed by atoms with Crippen LogP contribution in [-0.2, 0) is 42.9 Å². The first kappa shape index (κ1) is 33.3. The number of rotatable bonds is 19. The summed E-state index contributed by atoms with van der Waals surface area (Å²) in [6.07, 6.45) is 12.5. The monoisotopic (exact) mass is 539 g/mol. The van der Waals surface area contributed by atoms with E-state index in [9.17, 15) is 19.2 Å². The summed E-state index contributed by atoms with van der Waals surface area (Å²) < 4.78 is 26.6. The van der Waals surface area contributed by atoms with Crippen molar-refractivity contribution in [3.8, 4) is 0 Å². The number of amides is 1. The molecule has 1 rings (SSSR count). The molecule has 1 heterocycles. The molecule has 1 aliphatic rings. The summed E-state index contributed by atoms with van der Waals surface area (Å²) in [7, 11) is 0. The number of hydrogen-bond donors (Lipinski definition) is 1. The molecular weight excluding hydrogens is 494 g/mol. The van der Waals surface area contributed by atoms with Gasteiger partial charge < -0.3 is 29.0 Å². The number of carbonyl (C=O) groups is 4. The van der Waals surface area contributed by atoms with Crippen LogP contribution in [0.3, 0.4) is 0 Å². The molecule has 0 aliphatic carbocycles. The van der Waals surface area contributed by atoms with Crippen molar-refractivity contribution in [2.45, 2.75) is 104 Å². The van der Waals surface area contributed by atoms with Crippen LogP contribution in [0.4, 0.5) is 0 Å². The van der Waals surface area contributed by atoms with Crippen molar-refractivity contribution in [1.29, 1.82) is 0 Å². The van der Waals surface area contributed by atoms with E-state index in [-0.39, 0.29) is 37.1 Å². The number of ether oxygens (including phenoxy) is 5. The molecule has 0 fully saturated rings. The lowest BCUT2D eigenvalue weighted by molar-refractivity contribution is -0.172. The largest absolute Gasteiger partial charge is 0.463 e. The zero-order valence-corrected chi connectivity index (χ0v) is 23.4. The maximum Gasteiger partial charge on any atom is 0.331 e. The van der Waals surface area contributed by atoms with Gasteiger partial charge in [-0.2, -0.15) is 0 Å². The zero-order valence-electron chi connectivity index (χ0n) is 23.4. The molecule has 0 aromatic heterocycles. The summed E-state index contributed by atoms with van der Waals surface area (Å²) in [6, 6.07) is 0. The number of esters is 3. The van der Waals surface area contributed by atoms with E-state index in [1.54, 1.807) is 6.92 Å². The molecule has 2 atom stereocenters. The molecule has 0 spiro atoms. The molecular formula is C28H45NO9. The van der Waals surface area contributed by atoms with E-state index in [2.05, 4.69) is 12.2 Å². The summed E-state index contributed by atoms with van der Waals surface area (Å²) >= 11 is 0. The molecule has 0 saturated heterocycles.